The molecule has 1 aliphatic heterocycles. The van der Waals surface area contributed by atoms with Crippen molar-refractivity contribution in [2.75, 3.05) is 36.8 Å². The van der Waals surface area contributed by atoms with Crippen molar-refractivity contribution in [3.05, 3.63) is 59.2 Å². The fourth-order valence-corrected chi connectivity index (χ4v) is 4.71. The van der Waals surface area contributed by atoms with Crippen LogP contribution in [0.5, 0.6) is 5.75 Å². The zero-order valence-electron chi connectivity index (χ0n) is 20.4. The first-order valence-corrected chi connectivity index (χ1v) is 13.4. The molecular weight excluding hydrogens is 468 g/mol. The Balaban J connectivity index is 1.52. The van der Waals surface area contributed by atoms with Crippen LogP contribution in [0.2, 0.25) is 0 Å². The van der Waals surface area contributed by atoms with Crippen LogP contribution >= 0.6 is 0 Å². The number of ether oxygens (including phenoxy) is 1. The Hall–Kier alpha value is -3.40. The molecule has 188 valence electrons. The molecule has 0 aliphatic carbocycles. The van der Waals surface area contributed by atoms with Gasteiger partial charge in [0.25, 0.3) is 11.8 Å². The van der Waals surface area contributed by atoms with Crippen LogP contribution in [0, 0.1) is 13.8 Å². The van der Waals surface area contributed by atoms with Crippen molar-refractivity contribution in [3.63, 3.8) is 0 Å². The topological polar surface area (TPSA) is 108 Å². The number of piperidine rings is 1. The highest BCUT2D eigenvalue weighted by Crippen LogP contribution is 2.21. The molecule has 1 fully saturated rings. The lowest BCUT2D eigenvalue weighted by molar-refractivity contribution is -0.134. The Morgan fingerprint density at radius 3 is 2.29 bits per heavy atom. The molecule has 2 aromatic rings. The van der Waals surface area contributed by atoms with Gasteiger partial charge in [-0.15, -0.1) is 0 Å². The van der Waals surface area contributed by atoms with E-state index in [0.29, 0.717) is 17.0 Å². The molecule has 0 radical (unpaired) electrons. The van der Waals surface area contributed by atoms with Gasteiger partial charge < -0.3 is 9.64 Å². The van der Waals surface area contributed by atoms with E-state index in [1.807, 2.05) is 24.8 Å². The van der Waals surface area contributed by atoms with Crippen molar-refractivity contribution in [1.82, 2.24) is 10.3 Å². The number of anilines is 1. The van der Waals surface area contributed by atoms with E-state index in [0.717, 1.165) is 54.0 Å². The Labute approximate surface area is 206 Å². The van der Waals surface area contributed by atoms with Gasteiger partial charge in [-0.2, -0.15) is 5.10 Å². The number of amides is 2. The molecule has 10 heteroatoms. The molecule has 0 bridgehead atoms. The SMILES string of the molecule is Cc1cc(C)cc(N(CC(=O)N/N=C\c2ccc(OCC(=O)N3CCCCC3)cc2)S(C)(=O)=O)c1. The summed E-state index contributed by atoms with van der Waals surface area (Å²) in [5.74, 6) is -0.0159. The summed E-state index contributed by atoms with van der Waals surface area (Å²) in [5.41, 5.74) is 5.30. The standard InChI is InChI=1S/C25H32N4O5S/c1-19-13-20(2)15-22(14-19)29(35(3,32)33)17-24(30)27-26-16-21-7-9-23(10-8-21)34-18-25(31)28-11-5-4-6-12-28/h7-10,13-16H,4-6,11-12,17-18H2,1-3H3,(H,27,30)/b26-16-. The molecule has 9 nitrogen and oxygen atoms in total. The second-order valence-electron chi connectivity index (χ2n) is 8.71. The maximum atomic E-state index is 12.4. The minimum absolute atomic E-state index is 0.000787. The van der Waals surface area contributed by atoms with Crippen LogP contribution in [0.3, 0.4) is 0 Å². The van der Waals surface area contributed by atoms with Gasteiger partial charge in [0.05, 0.1) is 18.2 Å². The maximum Gasteiger partial charge on any atom is 0.260 e. The number of nitrogens with one attached hydrogen (secondary N) is 1. The third-order valence-corrected chi connectivity index (χ3v) is 6.68. The summed E-state index contributed by atoms with van der Waals surface area (Å²) in [7, 11) is -3.67. The summed E-state index contributed by atoms with van der Waals surface area (Å²) in [6, 6.07) is 12.3. The van der Waals surface area contributed by atoms with E-state index in [9.17, 15) is 18.0 Å². The molecule has 3 rings (SSSR count). The molecule has 2 aromatic carbocycles. The minimum atomic E-state index is -3.67. The third-order valence-electron chi connectivity index (χ3n) is 5.54. The average Bonchev–Trinajstić information content (AvgIpc) is 2.81. The molecule has 1 saturated heterocycles. The van der Waals surface area contributed by atoms with Crippen LogP contribution in [0.1, 0.15) is 36.0 Å². The van der Waals surface area contributed by atoms with Crippen molar-refractivity contribution in [3.8, 4) is 5.75 Å². The number of benzene rings is 2. The first-order chi connectivity index (χ1) is 16.6. The summed E-state index contributed by atoms with van der Waals surface area (Å²) in [6.45, 7) is 4.91. The summed E-state index contributed by atoms with van der Waals surface area (Å²) < 4.78 is 31.2. The van der Waals surface area contributed by atoms with Crippen molar-refractivity contribution in [1.29, 1.82) is 0 Å². The van der Waals surface area contributed by atoms with Crippen molar-refractivity contribution >= 4 is 33.7 Å². The Bertz CT molecular complexity index is 1150. The number of hydrazone groups is 1. The zero-order chi connectivity index (χ0) is 25.4. The monoisotopic (exact) mass is 500 g/mol. The summed E-state index contributed by atoms with van der Waals surface area (Å²) in [4.78, 5) is 26.4. The van der Waals surface area contributed by atoms with Gasteiger partial charge in [0.1, 0.15) is 12.3 Å². The van der Waals surface area contributed by atoms with Gasteiger partial charge in [0, 0.05) is 13.1 Å². The van der Waals surface area contributed by atoms with E-state index in [1.165, 1.54) is 6.21 Å². The van der Waals surface area contributed by atoms with E-state index >= 15 is 0 Å². The van der Waals surface area contributed by atoms with Crippen LogP contribution in [0.4, 0.5) is 5.69 Å². The van der Waals surface area contributed by atoms with Gasteiger partial charge in [0.2, 0.25) is 10.0 Å². The molecule has 0 spiro atoms. The lowest BCUT2D eigenvalue weighted by atomic mass is 10.1. The van der Waals surface area contributed by atoms with Crippen LogP contribution in [-0.4, -0.2) is 63.8 Å². The number of likely N-dealkylation sites (tertiary alicyclic amines) is 1. The molecule has 0 aromatic heterocycles. The van der Waals surface area contributed by atoms with Gasteiger partial charge in [-0.05, 0) is 86.2 Å². The number of nitrogens with zero attached hydrogens (tertiary/aromatic N) is 3. The number of rotatable bonds is 9. The lowest BCUT2D eigenvalue weighted by Gasteiger charge is -2.26. The fourth-order valence-electron chi connectivity index (χ4n) is 3.87. The highest BCUT2D eigenvalue weighted by molar-refractivity contribution is 7.92. The van der Waals surface area contributed by atoms with Gasteiger partial charge in [-0.1, -0.05) is 6.07 Å². The second kappa shape index (κ2) is 11.8. The Kier molecular flexibility index (Phi) is 8.86. The van der Waals surface area contributed by atoms with E-state index in [4.69, 9.17) is 4.74 Å². The summed E-state index contributed by atoms with van der Waals surface area (Å²) >= 11 is 0. The van der Waals surface area contributed by atoms with Crippen LogP contribution in [0.25, 0.3) is 0 Å². The quantitative estimate of drug-likeness (QED) is 0.421. The van der Waals surface area contributed by atoms with E-state index < -0.39 is 22.5 Å². The zero-order valence-corrected chi connectivity index (χ0v) is 21.2. The predicted molar refractivity (Wildman–Crippen MR) is 136 cm³/mol. The molecule has 1 aliphatic rings. The number of hydrogen-bond acceptors (Lipinski definition) is 6. The van der Waals surface area contributed by atoms with Crippen LogP contribution < -0.4 is 14.5 Å². The summed E-state index contributed by atoms with van der Waals surface area (Å²) in [6.07, 6.45) is 5.74. The number of hydrogen-bond donors (Lipinski definition) is 1. The van der Waals surface area contributed by atoms with Gasteiger partial charge in [-0.3, -0.25) is 13.9 Å². The number of sulfonamides is 1. The molecule has 1 heterocycles. The first kappa shape index (κ1) is 26.2. The average molecular weight is 501 g/mol. The summed E-state index contributed by atoms with van der Waals surface area (Å²) in [5, 5.41) is 3.92. The Morgan fingerprint density at radius 2 is 1.69 bits per heavy atom. The molecule has 0 saturated carbocycles. The molecule has 35 heavy (non-hydrogen) atoms. The van der Waals surface area contributed by atoms with Crippen molar-refractivity contribution < 1.29 is 22.7 Å². The molecule has 0 unspecified atom stereocenters. The van der Waals surface area contributed by atoms with Crippen molar-refractivity contribution in [2.45, 2.75) is 33.1 Å². The number of carbonyl (C=O) groups is 2. The first-order valence-electron chi connectivity index (χ1n) is 11.5. The normalized spacial score (nSPS) is 14.1. The second-order valence-corrected chi connectivity index (χ2v) is 10.6. The van der Waals surface area contributed by atoms with Gasteiger partial charge in [0.15, 0.2) is 6.61 Å². The molecule has 1 N–H and O–H groups in total. The molecule has 0 atom stereocenters. The van der Waals surface area contributed by atoms with Crippen LogP contribution in [-0.2, 0) is 19.6 Å². The highest BCUT2D eigenvalue weighted by atomic mass is 32.2. The van der Waals surface area contributed by atoms with Crippen LogP contribution in [0.15, 0.2) is 47.6 Å². The van der Waals surface area contributed by atoms with E-state index in [-0.39, 0.29) is 12.5 Å². The smallest absolute Gasteiger partial charge is 0.260 e. The Morgan fingerprint density at radius 1 is 1.06 bits per heavy atom. The molecule has 2 amide bonds. The minimum Gasteiger partial charge on any atom is -0.484 e. The van der Waals surface area contributed by atoms with Crippen molar-refractivity contribution in [2.24, 2.45) is 5.10 Å². The van der Waals surface area contributed by atoms with E-state index in [2.05, 4.69) is 10.5 Å². The third kappa shape index (κ3) is 8.10. The largest absolute Gasteiger partial charge is 0.484 e. The van der Waals surface area contributed by atoms with E-state index in [1.54, 1.807) is 36.4 Å². The molecular formula is C25H32N4O5S. The highest BCUT2D eigenvalue weighted by Gasteiger charge is 2.21. The number of aryl methyl sites for hydroxylation is 2. The van der Waals surface area contributed by atoms with Gasteiger partial charge >= 0.3 is 0 Å². The number of carbonyl (C=O) groups excluding carboxylic acids is 2. The predicted octanol–water partition coefficient (Wildman–Crippen LogP) is 2.61. The van der Waals surface area contributed by atoms with Gasteiger partial charge in [-0.25, -0.2) is 13.8 Å². The maximum absolute atomic E-state index is 12.4. The fraction of sp³-hybridized carbons (Fsp3) is 0.400. The lowest BCUT2D eigenvalue weighted by Crippen LogP contribution is -2.39.